The van der Waals surface area contributed by atoms with E-state index in [0.717, 1.165) is 6.92 Å². The van der Waals surface area contributed by atoms with Gasteiger partial charge in [0.25, 0.3) is 0 Å². The first-order chi connectivity index (χ1) is 5.43. The first-order valence-electron chi connectivity index (χ1n) is 3.11. The Kier molecular flexibility index (Phi) is 7.17. The fourth-order valence-corrected chi connectivity index (χ4v) is 0.605. The van der Waals surface area contributed by atoms with Gasteiger partial charge in [-0.1, -0.05) is 0 Å². The van der Waals surface area contributed by atoms with Crippen molar-refractivity contribution in [1.82, 2.24) is 5.32 Å². The van der Waals surface area contributed by atoms with Gasteiger partial charge >= 0.3 is 17.1 Å². The number of aliphatic carboxylic acids is 2. The molecule has 0 aromatic carbocycles. The van der Waals surface area contributed by atoms with E-state index in [4.69, 9.17) is 0 Å². The molecule has 0 aliphatic heterocycles. The summed E-state index contributed by atoms with van der Waals surface area (Å²) in [5.41, 5.74) is 0. The summed E-state index contributed by atoms with van der Waals surface area (Å²) >= 11 is 0. The van der Waals surface area contributed by atoms with Gasteiger partial charge in [0.15, 0.2) is 0 Å². The first kappa shape index (κ1) is 14.5. The predicted molar refractivity (Wildman–Crippen MR) is 32.2 cm³/mol. The van der Waals surface area contributed by atoms with Crippen LogP contribution in [0.5, 0.6) is 0 Å². The van der Waals surface area contributed by atoms with Crippen molar-refractivity contribution in [1.29, 1.82) is 0 Å². The van der Waals surface area contributed by atoms with Gasteiger partial charge in [-0.2, -0.15) is 0 Å². The van der Waals surface area contributed by atoms with Crippen LogP contribution in [0.15, 0.2) is 0 Å². The Bertz CT molecular complexity index is 201. The van der Waals surface area contributed by atoms with Gasteiger partial charge in [0, 0.05) is 19.3 Å². The van der Waals surface area contributed by atoms with Crippen LogP contribution >= 0.6 is 0 Å². The largest absolute Gasteiger partial charge is 2.00 e. The Hall–Kier alpha value is -1.07. The van der Waals surface area contributed by atoms with Gasteiger partial charge in [-0.3, -0.25) is 4.79 Å². The molecule has 0 saturated carbocycles. The van der Waals surface area contributed by atoms with E-state index in [0.29, 0.717) is 0 Å². The summed E-state index contributed by atoms with van der Waals surface area (Å²) in [6, 6.07) is -1.52. The standard InChI is InChI=1S/C6H9NO5.Fe/c1-3(8)7-4(6(11)12)2-5(9)10;/h4H,2H2,1H3,(H,7,8)(H,9,10)(H,11,12);/q;+2/p-2/t4-;/m0./s1. The molecule has 6 nitrogen and oxygen atoms in total. The third kappa shape index (κ3) is 7.30. The topological polar surface area (TPSA) is 109 Å². The molecule has 74 valence electrons. The van der Waals surface area contributed by atoms with Gasteiger partial charge in [0.05, 0.1) is 12.0 Å². The summed E-state index contributed by atoms with van der Waals surface area (Å²) in [5, 5.41) is 22.0. The summed E-state index contributed by atoms with van der Waals surface area (Å²) in [4.78, 5) is 30.4. The molecule has 0 rings (SSSR count). The van der Waals surface area contributed by atoms with Gasteiger partial charge in [-0.05, 0) is 0 Å². The number of carbonyl (C=O) groups is 3. The van der Waals surface area contributed by atoms with E-state index < -0.39 is 30.3 Å². The summed E-state index contributed by atoms with van der Waals surface area (Å²) in [5.74, 6) is -3.84. The average molecular weight is 229 g/mol. The van der Waals surface area contributed by atoms with E-state index in [9.17, 15) is 24.6 Å². The number of hydrogen-bond donors (Lipinski definition) is 1. The van der Waals surface area contributed by atoms with E-state index in [1.165, 1.54) is 0 Å². The number of rotatable bonds is 4. The van der Waals surface area contributed by atoms with E-state index in [1.807, 2.05) is 5.32 Å². The van der Waals surface area contributed by atoms with Crippen molar-refractivity contribution in [2.75, 3.05) is 0 Å². The first-order valence-corrected chi connectivity index (χ1v) is 3.11. The minimum absolute atomic E-state index is 0. The predicted octanol–water partition coefficient (Wildman–Crippen LogP) is -3.62. The van der Waals surface area contributed by atoms with E-state index >= 15 is 0 Å². The quantitative estimate of drug-likeness (QED) is 0.500. The molecular weight excluding hydrogens is 222 g/mol. The van der Waals surface area contributed by atoms with Crippen LogP contribution in [0.25, 0.3) is 0 Å². The molecule has 0 bridgehead atoms. The van der Waals surface area contributed by atoms with Crippen molar-refractivity contribution >= 4 is 17.8 Å². The van der Waals surface area contributed by atoms with Crippen LogP contribution in [-0.4, -0.2) is 23.9 Å². The Morgan fingerprint density at radius 2 is 1.77 bits per heavy atom. The van der Waals surface area contributed by atoms with Gasteiger partial charge < -0.3 is 25.1 Å². The van der Waals surface area contributed by atoms with Gasteiger partial charge in [-0.15, -0.1) is 0 Å². The van der Waals surface area contributed by atoms with Crippen molar-refractivity contribution in [3.8, 4) is 0 Å². The van der Waals surface area contributed by atoms with Crippen molar-refractivity contribution in [3.63, 3.8) is 0 Å². The van der Waals surface area contributed by atoms with Gasteiger partial charge in [0.1, 0.15) is 0 Å². The number of carboxylic acid groups (broad SMARTS) is 2. The summed E-state index contributed by atoms with van der Waals surface area (Å²) < 4.78 is 0. The Morgan fingerprint density at radius 3 is 2.00 bits per heavy atom. The van der Waals surface area contributed by atoms with E-state index in [2.05, 4.69) is 0 Å². The zero-order chi connectivity index (χ0) is 9.72. The molecule has 0 fully saturated rings. The van der Waals surface area contributed by atoms with Crippen LogP contribution in [0.4, 0.5) is 0 Å². The monoisotopic (exact) mass is 229 g/mol. The zero-order valence-corrected chi connectivity index (χ0v) is 7.78. The third-order valence-corrected chi connectivity index (χ3v) is 1.03. The van der Waals surface area contributed by atoms with Crippen LogP contribution in [0.2, 0.25) is 0 Å². The van der Waals surface area contributed by atoms with E-state index in [1.54, 1.807) is 0 Å². The molecule has 1 N–H and O–H groups in total. The summed E-state index contributed by atoms with van der Waals surface area (Å²) in [7, 11) is 0. The zero-order valence-electron chi connectivity index (χ0n) is 6.68. The molecule has 1 atom stereocenters. The number of hydrogen-bond acceptors (Lipinski definition) is 5. The van der Waals surface area contributed by atoms with Gasteiger partial charge in [0.2, 0.25) is 5.91 Å². The van der Waals surface area contributed by atoms with Crippen molar-refractivity contribution in [2.24, 2.45) is 0 Å². The molecule has 0 saturated heterocycles. The van der Waals surface area contributed by atoms with Crippen LogP contribution in [-0.2, 0) is 31.5 Å². The minimum Gasteiger partial charge on any atom is -0.550 e. The molecule has 0 radical (unpaired) electrons. The van der Waals surface area contributed by atoms with Crippen LogP contribution in [0.3, 0.4) is 0 Å². The Balaban J connectivity index is 0. The third-order valence-electron chi connectivity index (χ3n) is 1.03. The average Bonchev–Trinajstić information content (AvgIpc) is 1.83. The van der Waals surface area contributed by atoms with Crippen LogP contribution < -0.4 is 15.5 Å². The number of nitrogens with one attached hydrogen (secondary N) is 1. The van der Waals surface area contributed by atoms with Crippen molar-refractivity contribution < 1.29 is 41.7 Å². The maximum atomic E-state index is 10.3. The summed E-state index contributed by atoms with van der Waals surface area (Å²) in [6.07, 6.45) is -0.790. The maximum Gasteiger partial charge on any atom is 2.00 e. The van der Waals surface area contributed by atoms with Gasteiger partial charge in [-0.25, -0.2) is 0 Å². The molecule has 0 spiro atoms. The molecule has 7 heteroatoms. The second kappa shape index (κ2) is 6.45. The molecule has 0 aromatic heterocycles. The normalized spacial score (nSPS) is 10.8. The van der Waals surface area contributed by atoms with Crippen LogP contribution in [0, 0.1) is 0 Å². The number of carboxylic acids is 2. The fourth-order valence-electron chi connectivity index (χ4n) is 0.605. The van der Waals surface area contributed by atoms with E-state index in [-0.39, 0.29) is 17.1 Å². The smallest absolute Gasteiger partial charge is 0.550 e. The Labute approximate surface area is 84.8 Å². The number of amides is 1. The molecule has 13 heavy (non-hydrogen) atoms. The second-order valence-electron chi connectivity index (χ2n) is 2.15. The van der Waals surface area contributed by atoms with Crippen molar-refractivity contribution in [2.45, 2.75) is 19.4 Å². The molecule has 0 aliphatic rings. The molecule has 0 aliphatic carbocycles. The fraction of sp³-hybridized carbons (Fsp3) is 0.500. The molecule has 0 heterocycles. The molecule has 0 unspecified atom stereocenters. The second-order valence-corrected chi connectivity index (χ2v) is 2.15. The maximum absolute atomic E-state index is 10.3. The number of carbonyl (C=O) groups excluding carboxylic acids is 3. The minimum atomic E-state index is -1.64. The Morgan fingerprint density at radius 1 is 1.31 bits per heavy atom. The molecule has 1 amide bonds. The van der Waals surface area contributed by atoms with Crippen molar-refractivity contribution in [3.05, 3.63) is 0 Å². The molecule has 0 aromatic rings. The molecular formula is C6H7FeNO5. The summed E-state index contributed by atoms with van der Waals surface area (Å²) in [6.45, 7) is 1.07. The SMILES string of the molecule is CC(=O)N[C@@H](CC(=O)[O-])C(=O)[O-].[Fe+2]. The van der Waals surface area contributed by atoms with Crippen LogP contribution in [0.1, 0.15) is 13.3 Å².